The molecule has 1 aliphatic carbocycles. The molecule has 3 unspecified atom stereocenters. The molecule has 0 amide bonds. The van der Waals surface area contributed by atoms with Crippen LogP contribution in [0.4, 0.5) is 0 Å². The molecule has 1 aliphatic rings. The molecule has 0 aliphatic heterocycles. The summed E-state index contributed by atoms with van der Waals surface area (Å²) in [6.07, 6.45) is 3.94. The second-order valence-electron chi connectivity index (χ2n) is 8.08. The van der Waals surface area contributed by atoms with E-state index < -0.39 is 24.1 Å². The van der Waals surface area contributed by atoms with Crippen LogP contribution in [-0.2, 0) is 9.36 Å². The highest BCUT2D eigenvalue weighted by Crippen LogP contribution is 2.54. The molecule has 156 valence electrons. The first-order valence-electron chi connectivity index (χ1n) is 9.91. The molecule has 3 atom stereocenters. The van der Waals surface area contributed by atoms with Crippen LogP contribution in [0.15, 0.2) is 65.8 Å². The highest BCUT2D eigenvalue weighted by Gasteiger charge is 2.48. The number of halogens is 1. The largest absolute Gasteiger partial charge is 0.302 e. The lowest BCUT2D eigenvalue weighted by molar-refractivity contribution is -0.114. The molecule has 0 saturated heterocycles. The molecular formula is C25H26IO3P. The maximum atomic E-state index is 14.5. The van der Waals surface area contributed by atoms with E-state index in [1.807, 2.05) is 58.9 Å². The molecule has 5 heteroatoms. The zero-order valence-corrected chi connectivity index (χ0v) is 21.0. The lowest BCUT2D eigenvalue weighted by atomic mass is 9.91. The average Bonchev–Trinajstić information content (AvgIpc) is 2.66. The molecule has 0 N–H and O–H groups in total. The molecule has 30 heavy (non-hydrogen) atoms. The van der Waals surface area contributed by atoms with Crippen LogP contribution in [0.3, 0.4) is 0 Å². The zero-order valence-electron chi connectivity index (χ0n) is 17.9. The van der Waals surface area contributed by atoms with Crippen LogP contribution >= 0.6 is 29.7 Å². The van der Waals surface area contributed by atoms with Crippen molar-refractivity contribution in [3.8, 4) is 0 Å². The van der Waals surface area contributed by atoms with Crippen LogP contribution in [0, 0.1) is 26.7 Å². The Labute approximate surface area is 192 Å². The minimum Gasteiger partial charge on any atom is -0.302 e. The first kappa shape index (κ1) is 22.9. The summed E-state index contributed by atoms with van der Waals surface area (Å²) in [6.45, 7) is 9.50. The van der Waals surface area contributed by atoms with Crippen molar-refractivity contribution in [2.45, 2.75) is 38.5 Å². The predicted octanol–water partition coefficient (Wildman–Crippen LogP) is 6.29. The molecule has 2 aromatic carbocycles. The van der Waals surface area contributed by atoms with Crippen LogP contribution in [0.1, 0.15) is 40.9 Å². The first-order valence-corrected chi connectivity index (χ1v) is 12.9. The van der Waals surface area contributed by atoms with Crippen molar-refractivity contribution in [3.63, 3.8) is 0 Å². The fourth-order valence-corrected chi connectivity index (χ4v) is 8.73. The minimum atomic E-state index is -4.06. The van der Waals surface area contributed by atoms with E-state index in [1.54, 1.807) is 30.3 Å². The molecule has 3 nitrogen and oxygen atoms in total. The van der Waals surface area contributed by atoms with Crippen molar-refractivity contribution in [2.75, 3.05) is 0 Å². The van der Waals surface area contributed by atoms with E-state index in [1.165, 1.54) is 0 Å². The number of hydrogen-bond acceptors (Lipinski definition) is 3. The van der Waals surface area contributed by atoms with Gasteiger partial charge >= 0.3 is 0 Å². The van der Waals surface area contributed by atoms with E-state index in [-0.39, 0.29) is 3.92 Å². The number of rotatable bonds is 5. The number of hydrogen-bond donors (Lipinski definition) is 0. The molecule has 2 aromatic rings. The molecule has 0 spiro atoms. The third-order valence-corrected chi connectivity index (χ3v) is 9.36. The second kappa shape index (κ2) is 8.76. The quantitative estimate of drug-likeness (QED) is 0.258. The summed E-state index contributed by atoms with van der Waals surface area (Å²) < 4.78 is 14.4. The van der Waals surface area contributed by atoms with Crippen LogP contribution in [0.5, 0.6) is 0 Å². The summed E-state index contributed by atoms with van der Waals surface area (Å²) >= 11 is 2.21. The van der Waals surface area contributed by atoms with Gasteiger partial charge in [0, 0.05) is 14.8 Å². The lowest BCUT2D eigenvalue weighted by Gasteiger charge is -2.28. The number of benzene rings is 2. The number of carbonyl (C=O) groups excluding carboxylic acids is 2. The Hall–Kier alpha value is -1.78. The summed E-state index contributed by atoms with van der Waals surface area (Å²) in [6, 6.07) is 12.3. The van der Waals surface area contributed by atoms with Crippen molar-refractivity contribution in [1.29, 1.82) is 0 Å². The van der Waals surface area contributed by atoms with Gasteiger partial charge in [0.25, 0.3) is 0 Å². The Morgan fingerprint density at radius 1 is 0.933 bits per heavy atom. The van der Waals surface area contributed by atoms with Crippen LogP contribution < -0.4 is 5.30 Å². The average molecular weight is 532 g/mol. The van der Waals surface area contributed by atoms with Gasteiger partial charge in [-0.05, 0) is 45.7 Å². The summed E-state index contributed by atoms with van der Waals surface area (Å²) in [5.41, 5.74) is 3.81. The minimum absolute atomic E-state index is 0.148. The van der Waals surface area contributed by atoms with Crippen molar-refractivity contribution in [3.05, 3.63) is 88.0 Å². The van der Waals surface area contributed by atoms with E-state index in [0.29, 0.717) is 10.9 Å². The van der Waals surface area contributed by atoms with Gasteiger partial charge in [0.05, 0.1) is 5.92 Å². The Morgan fingerprint density at radius 2 is 1.50 bits per heavy atom. The normalized spacial score (nSPS) is 20.7. The second-order valence-corrected chi connectivity index (χ2v) is 12.1. The highest BCUT2D eigenvalue weighted by atomic mass is 127. The van der Waals surface area contributed by atoms with Crippen molar-refractivity contribution < 1.29 is 14.2 Å². The molecule has 0 saturated carbocycles. The van der Waals surface area contributed by atoms with Gasteiger partial charge in [0.2, 0.25) is 18.2 Å². The van der Waals surface area contributed by atoms with Gasteiger partial charge in [-0.1, -0.05) is 93.9 Å². The Balaban J connectivity index is 2.22. The monoisotopic (exact) mass is 532 g/mol. The van der Waals surface area contributed by atoms with Gasteiger partial charge in [0.1, 0.15) is 0 Å². The summed E-state index contributed by atoms with van der Waals surface area (Å²) in [5, 5.41) is 0.307. The summed E-state index contributed by atoms with van der Waals surface area (Å²) in [5.74, 6) is -0.588. The van der Waals surface area contributed by atoms with Gasteiger partial charge in [-0.25, -0.2) is 0 Å². The van der Waals surface area contributed by atoms with Crippen LogP contribution in [-0.4, -0.2) is 15.0 Å². The van der Waals surface area contributed by atoms with Gasteiger partial charge < -0.3 is 4.57 Å². The maximum Gasteiger partial charge on any atom is 0.244 e. The fourth-order valence-electron chi connectivity index (χ4n) is 4.28. The Bertz CT molecular complexity index is 1110. The molecule has 3 rings (SSSR count). The van der Waals surface area contributed by atoms with E-state index in [9.17, 15) is 14.2 Å². The number of carbonyl (C=O) groups is 2. The zero-order chi connectivity index (χ0) is 22.2. The number of allylic oxidation sites excluding steroid dienone is 4. The van der Waals surface area contributed by atoms with Crippen molar-refractivity contribution >= 4 is 46.1 Å². The highest BCUT2D eigenvalue weighted by molar-refractivity contribution is 14.1. The third-order valence-electron chi connectivity index (χ3n) is 5.56. The third kappa shape index (κ3) is 4.04. The lowest BCUT2D eigenvalue weighted by Crippen LogP contribution is -2.32. The van der Waals surface area contributed by atoms with E-state index in [0.717, 1.165) is 27.8 Å². The van der Waals surface area contributed by atoms with Crippen molar-refractivity contribution in [2.24, 2.45) is 5.92 Å². The smallest absolute Gasteiger partial charge is 0.244 e. The van der Waals surface area contributed by atoms with E-state index >= 15 is 0 Å². The number of aryl methyl sites for hydroxylation is 3. The van der Waals surface area contributed by atoms with Crippen molar-refractivity contribution in [1.82, 2.24) is 0 Å². The standard InChI is InChI=1S/C25H26IO3P/c1-15-11-17(3)22(18(4)12-15)24(27)30(29,20-9-7-6-8-10-20)25(28)23-19(5)13-16(2)14-21(23)26/h6-14,21,23H,1-5H3. The summed E-state index contributed by atoms with van der Waals surface area (Å²) in [4.78, 5) is 27.8. The first-order chi connectivity index (χ1) is 14.1. The Morgan fingerprint density at radius 3 is 2.03 bits per heavy atom. The fraction of sp³-hybridized carbons (Fsp3) is 0.280. The molecule has 0 radical (unpaired) electrons. The topological polar surface area (TPSA) is 51.2 Å². The predicted molar refractivity (Wildman–Crippen MR) is 132 cm³/mol. The molecule has 0 heterocycles. The van der Waals surface area contributed by atoms with E-state index in [2.05, 4.69) is 22.6 Å². The van der Waals surface area contributed by atoms with Gasteiger partial charge in [-0.15, -0.1) is 0 Å². The van der Waals surface area contributed by atoms with Crippen LogP contribution in [0.25, 0.3) is 0 Å². The maximum absolute atomic E-state index is 14.5. The molecular weight excluding hydrogens is 506 g/mol. The molecule has 0 fully saturated rings. The summed E-state index contributed by atoms with van der Waals surface area (Å²) in [7, 11) is -4.06. The van der Waals surface area contributed by atoms with Crippen LogP contribution in [0.2, 0.25) is 0 Å². The van der Waals surface area contributed by atoms with Gasteiger partial charge in [-0.3, -0.25) is 9.59 Å². The van der Waals surface area contributed by atoms with Gasteiger partial charge in [0.15, 0.2) is 0 Å². The van der Waals surface area contributed by atoms with Gasteiger partial charge in [-0.2, -0.15) is 0 Å². The SMILES string of the molecule is CC1=CC(I)C(C(=O)P(=O)(C(=O)c2c(C)cc(C)cc2C)c2ccccc2)C(C)=C1. The molecule has 0 aromatic heterocycles. The van der Waals surface area contributed by atoms with E-state index in [4.69, 9.17) is 0 Å². The Kier molecular flexibility index (Phi) is 6.69. The molecule has 0 bridgehead atoms. The number of alkyl halides is 1.